The molecule has 3 fully saturated rings. The van der Waals surface area contributed by atoms with Crippen molar-refractivity contribution in [2.45, 2.75) is 48.9 Å². The van der Waals surface area contributed by atoms with Gasteiger partial charge in [0.15, 0.2) is 5.79 Å². The van der Waals surface area contributed by atoms with Gasteiger partial charge in [0.05, 0.1) is 33.4 Å². The summed E-state index contributed by atoms with van der Waals surface area (Å²) in [7, 11) is 4.29. The number of carbonyl (C=O) groups is 2. The van der Waals surface area contributed by atoms with Crippen LogP contribution in [-0.2, 0) is 28.5 Å². The number of ether oxygens (including phenoxy) is 6. The van der Waals surface area contributed by atoms with Crippen molar-refractivity contribution in [3.8, 4) is 5.75 Å². The van der Waals surface area contributed by atoms with E-state index in [-0.39, 0.29) is 18.3 Å². The second-order valence-corrected chi connectivity index (χ2v) is 9.08. The number of benzene rings is 1. The van der Waals surface area contributed by atoms with E-state index in [4.69, 9.17) is 28.4 Å². The van der Waals surface area contributed by atoms with Crippen LogP contribution in [0.25, 0.3) is 0 Å². The third kappa shape index (κ3) is 2.59. The molecule has 1 aromatic carbocycles. The lowest BCUT2D eigenvalue weighted by Gasteiger charge is -2.44. The van der Waals surface area contributed by atoms with E-state index in [1.54, 1.807) is 13.2 Å². The summed E-state index contributed by atoms with van der Waals surface area (Å²) in [6.45, 7) is 0.899. The van der Waals surface area contributed by atoms with Crippen LogP contribution in [0.4, 0.5) is 0 Å². The molecule has 4 aliphatic rings. The summed E-state index contributed by atoms with van der Waals surface area (Å²) in [6, 6.07) is 3.61. The van der Waals surface area contributed by atoms with Crippen LogP contribution in [-0.4, -0.2) is 69.8 Å². The third-order valence-electron chi connectivity index (χ3n) is 7.94. The second-order valence-electron chi connectivity index (χ2n) is 9.08. The van der Waals surface area contributed by atoms with Gasteiger partial charge in [-0.05, 0) is 42.4 Å². The monoisotopic (exact) mass is 448 g/mol. The first-order valence-corrected chi connectivity index (χ1v) is 10.8. The topological polar surface area (TPSA) is 110 Å². The van der Waals surface area contributed by atoms with E-state index in [2.05, 4.69) is 0 Å². The minimum Gasteiger partial charge on any atom is -0.496 e. The van der Waals surface area contributed by atoms with Gasteiger partial charge in [-0.1, -0.05) is 6.07 Å². The molecular weight excluding hydrogens is 420 g/mol. The van der Waals surface area contributed by atoms with Crippen molar-refractivity contribution in [1.29, 1.82) is 0 Å². The summed E-state index contributed by atoms with van der Waals surface area (Å²) in [5.74, 6) is -3.37. The molecule has 0 unspecified atom stereocenters. The van der Waals surface area contributed by atoms with Gasteiger partial charge in [-0.15, -0.1) is 0 Å². The highest BCUT2D eigenvalue weighted by molar-refractivity contribution is 5.98. The van der Waals surface area contributed by atoms with Crippen molar-refractivity contribution in [3.63, 3.8) is 0 Å². The molecule has 2 bridgehead atoms. The molecule has 9 nitrogen and oxygen atoms in total. The van der Waals surface area contributed by atoms with Crippen molar-refractivity contribution in [2.24, 2.45) is 5.41 Å². The standard InChI is InChI=1S/C23H28O9/c1-27-12-32-22-7-6-14-13-4-5-15(28-2)17(20(26)29-3)16(13)18(19(24)25)21(14,10-22)11-23(22)30-8-9-31-23/h4-5,14,18H,6-12H2,1-3H3,(H,24,25)/t14-,18+,21+,22-/m0/s1. The Labute approximate surface area is 185 Å². The molecule has 1 saturated heterocycles. The molecule has 174 valence electrons. The van der Waals surface area contributed by atoms with Crippen LogP contribution >= 0.6 is 0 Å². The number of hydrogen-bond acceptors (Lipinski definition) is 8. The minimum absolute atomic E-state index is 0.0567. The largest absolute Gasteiger partial charge is 0.496 e. The number of carboxylic acids is 1. The van der Waals surface area contributed by atoms with Crippen LogP contribution in [0.2, 0.25) is 0 Å². The van der Waals surface area contributed by atoms with E-state index in [0.717, 1.165) is 5.56 Å². The van der Waals surface area contributed by atoms with Crippen molar-refractivity contribution in [2.75, 3.05) is 41.3 Å². The molecule has 2 saturated carbocycles. The van der Waals surface area contributed by atoms with E-state index in [9.17, 15) is 14.7 Å². The molecule has 0 amide bonds. The van der Waals surface area contributed by atoms with E-state index >= 15 is 0 Å². The summed E-state index contributed by atoms with van der Waals surface area (Å²) in [5, 5.41) is 10.5. The predicted octanol–water partition coefficient (Wildman–Crippen LogP) is 2.42. The summed E-state index contributed by atoms with van der Waals surface area (Å²) in [5.41, 5.74) is -0.0393. The number of carboxylic acid groups (broad SMARTS) is 1. The SMILES string of the molecule is COCO[C@]12CC[C@H]3c4ccc(OC)c(C(=O)OC)c4[C@H](C(=O)O)[C@@]3(CC13OCCO3)C2. The molecule has 1 aliphatic heterocycles. The molecule has 0 aromatic heterocycles. The molecule has 9 heteroatoms. The molecule has 1 heterocycles. The normalized spacial score (nSPS) is 33.7. The van der Waals surface area contributed by atoms with E-state index in [1.165, 1.54) is 14.2 Å². The van der Waals surface area contributed by atoms with Crippen LogP contribution in [0.15, 0.2) is 12.1 Å². The Bertz CT molecular complexity index is 953. The van der Waals surface area contributed by atoms with Crippen LogP contribution in [0, 0.1) is 5.41 Å². The number of fused-ring (bicyclic) bond motifs is 4. The van der Waals surface area contributed by atoms with E-state index in [0.29, 0.717) is 50.2 Å². The molecule has 2 spiro atoms. The van der Waals surface area contributed by atoms with Crippen LogP contribution in [0.5, 0.6) is 5.75 Å². The predicted molar refractivity (Wildman–Crippen MR) is 109 cm³/mol. The van der Waals surface area contributed by atoms with Crippen molar-refractivity contribution < 1.29 is 43.1 Å². The molecule has 1 N–H and O–H groups in total. The first-order chi connectivity index (χ1) is 15.4. The first-order valence-electron chi connectivity index (χ1n) is 10.8. The molecule has 3 aliphatic carbocycles. The zero-order chi connectivity index (χ0) is 22.7. The molecule has 4 atom stereocenters. The first kappa shape index (κ1) is 21.6. The van der Waals surface area contributed by atoms with Gasteiger partial charge in [0, 0.05) is 18.9 Å². The molecule has 32 heavy (non-hydrogen) atoms. The lowest BCUT2D eigenvalue weighted by atomic mass is 9.63. The maximum Gasteiger partial charge on any atom is 0.341 e. The fourth-order valence-corrected chi connectivity index (χ4v) is 6.98. The van der Waals surface area contributed by atoms with Gasteiger partial charge in [0.25, 0.3) is 0 Å². The average molecular weight is 448 g/mol. The molecule has 1 aromatic rings. The van der Waals surface area contributed by atoms with Gasteiger partial charge in [0.1, 0.15) is 23.7 Å². The number of aliphatic carboxylic acids is 1. The Morgan fingerprint density at radius 2 is 1.91 bits per heavy atom. The maximum atomic E-state index is 12.8. The highest BCUT2D eigenvalue weighted by Crippen LogP contribution is 2.74. The Morgan fingerprint density at radius 1 is 1.16 bits per heavy atom. The van der Waals surface area contributed by atoms with Gasteiger partial charge in [0.2, 0.25) is 0 Å². The fraction of sp³-hybridized carbons (Fsp3) is 0.652. The highest BCUT2D eigenvalue weighted by Gasteiger charge is 2.76. The highest BCUT2D eigenvalue weighted by atomic mass is 16.8. The summed E-state index contributed by atoms with van der Waals surface area (Å²) >= 11 is 0. The summed E-state index contributed by atoms with van der Waals surface area (Å²) < 4.78 is 34.3. The van der Waals surface area contributed by atoms with Crippen molar-refractivity contribution in [1.82, 2.24) is 0 Å². The van der Waals surface area contributed by atoms with Crippen LogP contribution in [0.1, 0.15) is 59.0 Å². The summed E-state index contributed by atoms with van der Waals surface area (Å²) in [6.07, 6.45) is 2.11. The average Bonchev–Trinajstić information content (AvgIpc) is 3.42. The zero-order valence-corrected chi connectivity index (χ0v) is 18.5. The maximum absolute atomic E-state index is 12.8. The lowest BCUT2D eigenvalue weighted by Crippen LogP contribution is -2.53. The molecule has 0 radical (unpaired) electrons. The van der Waals surface area contributed by atoms with Crippen molar-refractivity contribution >= 4 is 11.9 Å². The number of carbonyl (C=O) groups excluding carboxylic acids is 1. The van der Waals surface area contributed by atoms with Crippen LogP contribution in [0.3, 0.4) is 0 Å². The zero-order valence-electron chi connectivity index (χ0n) is 18.5. The Kier molecular flexibility index (Phi) is 5.01. The number of methoxy groups -OCH3 is 3. The molecule has 5 rings (SSSR count). The lowest BCUT2D eigenvalue weighted by molar-refractivity contribution is -0.289. The number of rotatable bonds is 6. The summed E-state index contributed by atoms with van der Waals surface area (Å²) in [4.78, 5) is 25.6. The van der Waals surface area contributed by atoms with Crippen molar-refractivity contribution in [3.05, 3.63) is 28.8 Å². The van der Waals surface area contributed by atoms with Crippen LogP contribution < -0.4 is 4.74 Å². The smallest absolute Gasteiger partial charge is 0.341 e. The second kappa shape index (κ2) is 7.41. The van der Waals surface area contributed by atoms with Gasteiger partial charge in [-0.3, -0.25) is 4.79 Å². The van der Waals surface area contributed by atoms with Gasteiger partial charge >= 0.3 is 11.9 Å². The van der Waals surface area contributed by atoms with Gasteiger partial charge in [-0.25, -0.2) is 4.79 Å². The Hall–Kier alpha value is -2.20. The Morgan fingerprint density at radius 3 is 2.53 bits per heavy atom. The Balaban J connectivity index is 1.71. The number of esters is 1. The fourth-order valence-electron chi connectivity index (χ4n) is 6.98. The van der Waals surface area contributed by atoms with E-state index < -0.39 is 34.7 Å². The quantitative estimate of drug-likeness (QED) is 0.518. The minimum atomic E-state index is -1.04. The van der Waals surface area contributed by atoms with E-state index in [1.807, 2.05) is 6.07 Å². The third-order valence-corrected chi connectivity index (χ3v) is 7.94. The molecular formula is C23H28O9. The van der Waals surface area contributed by atoms with Gasteiger partial charge in [-0.2, -0.15) is 0 Å². The van der Waals surface area contributed by atoms with Gasteiger partial charge < -0.3 is 33.5 Å². The number of hydrogen-bond donors (Lipinski definition) is 1.